The van der Waals surface area contributed by atoms with Crippen molar-refractivity contribution in [1.82, 2.24) is 9.80 Å². The molecule has 1 aromatic rings. The van der Waals surface area contributed by atoms with Gasteiger partial charge in [0.1, 0.15) is 10.1 Å². The third kappa shape index (κ3) is 5.08. The Morgan fingerprint density at radius 1 is 1.27 bits per heavy atom. The Morgan fingerprint density at radius 3 is 2.50 bits per heavy atom. The molecule has 26 heavy (non-hydrogen) atoms. The van der Waals surface area contributed by atoms with Crippen LogP contribution in [0.2, 0.25) is 0 Å². The van der Waals surface area contributed by atoms with Gasteiger partial charge in [-0.2, -0.15) is 0 Å². The van der Waals surface area contributed by atoms with Crippen LogP contribution in [0.4, 0.5) is 0 Å². The lowest BCUT2D eigenvalue weighted by Gasteiger charge is -2.19. The molecule has 0 aromatic heterocycles. The predicted octanol–water partition coefficient (Wildman–Crippen LogP) is 3.55. The summed E-state index contributed by atoms with van der Waals surface area (Å²) in [6.07, 6.45) is 2.87. The minimum atomic E-state index is -0.0916. The van der Waals surface area contributed by atoms with Gasteiger partial charge >= 0.3 is 0 Å². The van der Waals surface area contributed by atoms with Crippen LogP contribution in [0.25, 0.3) is 6.08 Å². The SMILES string of the molecule is CCN(CC)C(=O)CCCN1C(=O)/C(=C/c2ccc(OC)cc2)SC1=S. The number of nitrogens with zero attached hydrogens (tertiary/aromatic N) is 2. The smallest absolute Gasteiger partial charge is 0.266 e. The number of amides is 2. The normalized spacial score (nSPS) is 15.7. The molecular formula is C19H24N2O3S2. The predicted molar refractivity (Wildman–Crippen MR) is 110 cm³/mol. The average Bonchev–Trinajstić information content (AvgIpc) is 2.90. The molecule has 1 aliphatic rings. The molecule has 1 aliphatic heterocycles. The van der Waals surface area contributed by atoms with Gasteiger partial charge in [0, 0.05) is 26.1 Å². The molecule has 5 nitrogen and oxygen atoms in total. The molecule has 0 radical (unpaired) electrons. The third-order valence-electron chi connectivity index (χ3n) is 4.18. The van der Waals surface area contributed by atoms with Crippen molar-refractivity contribution in [3.63, 3.8) is 0 Å². The van der Waals surface area contributed by atoms with E-state index in [1.54, 1.807) is 16.9 Å². The number of methoxy groups -OCH3 is 1. The number of thioether (sulfide) groups is 1. The summed E-state index contributed by atoms with van der Waals surface area (Å²) in [4.78, 5) is 28.7. The van der Waals surface area contributed by atoms with E-state index in [2.05, 4.69) is 0 Å². The van der Waals surface area contributed by atoms with E-state index in [9.17, 15) is 9.59 Å². The summed E-state index contributed by atoms with van der Waals surface area (Å²) in [5.41, 5.74) is 0.919. The highest BCUT2D eigenvalue weighted by atomic mass is 32.2. The van der Waals surface area contributed by atoms with Crippen LogP contribution in [0, 0.1) is 0 Å². The van der Waals surface area contributed by atoms with Crippen molar-refractivity contribution in [2.24, 2.45) is 0 Å². The Balaban J connectivity index is 1.95. The Labute approximate surface area is 164 Å². The van der Waals surface area contributed by atoms with E-state index in [0.717, 1.165) is 11.3 Å². The van der Waals surface area contributed by atoms with E-state index < -0.39 is 0 Å². The van der Waals surface area contributed by atoms with E-state index >= 15 is 0 Å². The van der Waals surface area contributed by atoms with Crippen LogP contribution in [0.3, 0.4) is 0 Å². The quantitative estimate of drug-likeness (QED) is 0.500. The topological polar surface area (TPSA) is 49.9 Å². The van der Waals surface area contributed by atoms with Gasteiger partial charge in [0.15, 0.2) is 0 Å². The van der Waals surface area contributed by atoms with Crippen molar-refractivity contribution in [2.75, 3.05) is 26.7 Å². The number of hydrogen-bond donors (Lipinski definition) is 0. The summed E-state index contributed by atoms with van der Waals surface area (Å²) < 4.78 is 5.68. The fourth-order valence-corrected chi connectivity index (χ4v) is 3.98. The zero-order chi connectivity index (χ0) is 19.1. The molecule has 2 amide bonds. The molecule has 1 heterocycles. The van der Waals surface area contributed by atoms with Crippen LogP contribution in [0.15, 0.2) is 29.2 Å². The summed E-state index contributed by atoms with van der Waals surface area (Å²) in [5, 5.41) is 0. The van der Waals surface area contributed by atoms with Gasteiger partial charge in [-0.3, -0.25) is 14.5 Å². The molecule has 2 rings (SSSR count). The van der Waals surface area contributed by atoms with Gasteiger partial charge in [0.25, 0.3) is 5.91 Å². The van der Waals surface area contributed by atoms with Crippen LogP contribution in [0.1, 0.15) is 32.3 Å². The van der Waals surface area contributed by atoms with E-state index in [1.165, 1.54) is 11.8 Å². The summed E-state index contributed by atoms with van der Waals surface area (Å²) in [6, 6.07) is 7.50. The second-order valence-electron chi connectivity index (χ2n) is 5.78. The number of ether oxygens (including phenoxy) is 1. The van der Waals surface area contributed by atoms with E-state index in [4.69, 9.17) is 17.0 Å². The summed E-state index contributed by atoms with van der Waals surface area (Å²) in [7, 11) is 1.62. The first kappa shape index (κ1) is 20.5. The van der Waals surface area contributed by atoms with Crippen LogP contribution < -0.4 is 4.74 Å². The molecule has 7 heteroatoms. The molecule has 0 atom stereocenters. The maximum atomic E-state index is 12.6. The van der Waals surface area contributed by atoms with Crippen LogP contribution >= 0.6 is 24.0 Å². The van der Waals surface area contributed by atoms with Crippen LogP contribution in [-0.4, -0.2) is 52.7 Å². The second-order valence-corrected chi connectivity index (χ2v) is 7.45. The highest BCUT2D eigenvalue weighted by molar-refractivity contribution is 8.26. The van der Waals surface area contributed by atoms with Gasteiger partial charge in [-0.25, -0.2) is 0 Å². The van der Waals surface area contributed by atoms with Gasteiger partial charge in [0.05, 0.1) is 12.0 Å². The molecule has 140 valence electrons. The Morgan fingerprint density at radius 2 is 1.92 bits per heavy atom. The first-order valence-corrected chi connectivity index (χ1v) is 9.89. The molecule has 0 unspecified atom stereocenters. The fraction of sp³-hybridized carbons (Fsp3) is 0.421. The van der Waals surface area contributed by atoms with Crippen molar-refractivity contribution in [3.8, 4) is 5.75 Å². The minimum Gasteiger partial charge on any atom is -0.497 e. The Bertz CT molecular complexity index is 697. The molecule has 1 saturated heterocycles. The maximum Gasteiger partial charge on any atom is 0.266 e. The van der Waals surface area contributed by atoms with Crippen molar-refractivity contribution in [2.45, 2.75) is 26.7 Å². The Hall–Kier alpha value is -1.86. The lowest BCUT2D eigenvalue weighted by Crippen LogP contribution is -2.33. The fourth-order valence-electron chi connectivity index (χ4n) is 2.67. The van der Waals surface area contributed by atoms with Crippen molar-refractivity contribution in [3.05, 3.63) is 34.7 Å². The summed E-state index contributed by atoms with van der Waals surface area (Å²) in [6.45, 7) is 5.82. The second kappa shape index (κ2) is 9.73. The largest absolute Gasteiger partial charge is 0.497 e. The lowest BCUT2D eigenvalue weighted by molar-refractivity contribution is -0.131. The number of carbonyl (C=O) groups excluding carboxylic acids is 2. The summed E-state index contributed by atoms with van der Waals surface area (Å²) in [5.74, 6) is 0.799. The molecule has 0 bridgehead atoms. The van der Waals surface area contributed by atoms with Crippen LogP contribution in [0.5, 0.6) is 5.75 Å². The number of hydrogen-bond acceptors (Lipinski definition) is 5. The van der Waals surface area contributed by atoms with Crippen molar-refractivity contribution < 1.29 is 14.3 Å². The van der Waals surface area contributed by atoms with Crippen molar-refractivity contribution in [1.29, 1.82) is 0 Å². The van der Waals surface area contributed by atoms with E-state index in [1.807, 2.05) is 44.2 Å². The molecule has 1 aromatic carbocycles. The highest BCUT2D eigenvalue weighted by Gasteiger charge is 2.31. The van der Waals surface area contributed by atoms with Gasteiger partial charge in [-0.05, 0) is 44.0 Å². The average molecular weight is 393 g/mol. The number of carbonyl (C=O) groups is 2. The first-order valence-electron chi connectivity index (χ1n) is 8.67. The summed E-state index contributed by atoms with van der Waals surface area (Å²) >= 11 is 6.64. The lowest BCUT2D eigenvalue weighted by atomic mass is 10.2. The van der Waals surface area contributed by atoms with Crippen LogP contribution in [-0.2, 0) is 9.59 Å². The zero-order valence-corrected chi connectivity index (χ0v) is 17.0. The van der Waals surface area contributed by atoms with Gasteiger partial charge < -0.3 is 9.64 Å². The molecule has 0 spiro atoms. The van der Waals surface area contributed by atoms with Gasteiger partial charge in [0.2, 0.25) is 5.91 Å². The number of benzene rings is 1. The molecule has 1 fully saturated rings. The number of rotatable bonds is 8. The molecule has 0 saturated carbocycles. The molecular weight excluding hydrogens is 368 g/mol. The Kier molecular flexibility index (Phi) is 7.66. The zero-order valence-electron chi connectivity index (χ0n) is 15.4. The first-order chi connectivity index (χ1) is 12.5. The van der Waals surface area contributed by atoms with Gasteiger partial charge in [-0.15, -0.1) is 0 Å². The molecule has 0 N–H and O–H groups in total. The maximum absolute atomic E-state index is 12.6. The minimum absolute atomic E-state index is 0.0916. The van der Waals surface area contributed by atoms with Crippen molar-refractivity contribution >= 4 is 46.2 Å². The molecule has 0 aliphatic carbocycles. The highest BCUT2D eigenvalue weighted by Crippen LogP contribution is 2.33. The standard InChI is InChI=1S/C19H24N2O3S2/c1-4-20(5-2)17(22)7-6-12-21-18(23)16(26-19(21)25)13-14-8-10-15(24-3)11-9-14/h8-11,13H,4-7,12H2,1-3H3/b16-13-. The van der Waals surface area contributed by atoms with E-state index in [-0.39, 0.29) is 11.8 Å². The van der Waals surface area contributed by atoms with E-state index in [0.29, 0.717) is 41.7 Å². The third-order valence-corrected chi connectivity index (χ3v) is 5.55. The monoisotopic (exact) mass is 392 g/mol. The van der Waals surface area contributed by atoms with Gasteiger partial charge in [-0.1, -0.05) is 36.1 Å². The number of thiocarbonyl (C=S) groups is 1.